The molecule has 5 nitrogen and oxygen atoms in total. The van der Waals surface area contributed by atoms with E-state index < -0.39 is 9.84 Å². The predicted molar refractivity (Wildman–Crippen MR) is 74.3 cm³/mol. The number of aryl methyl sites for hydroxylation is 1. The molecule has 100 valence electrons. The smallest absolute Gasteiger partial charge is 0.220 e. The topological polar surface area (TPSA) is 85.9 Å². The number of nitrogen functional groups attached to an aromatic ring is 1. The Bertz CT molecular complexity index is 694. The zero-order valence-electron chi connectivity index (χ0n) is 10.8. The van der Waals surface area contributed by atoms with Gasteiger partial charge in [-0.2, -0.15) is 0 Å². The lowest BCUT2D eigenvalue weighted by atomic mass is 10.1. The van der Waals surface area contributed by atoms with Crippen LogP contribution < -0.4 is 5.73 Å². The van der Waals surface area contributed by atoms with Crippen molar-refractivity contribution in [2.24, 2.45) is 0 Å². The van der Waals surface area contributed by atoms with Gasteiger partial charge in [-0.25, -0.2) is 18.4 Å². The molecule has 0 aliphatic heterocycles. The van der Waals surface area contributed by atoms with Gasteiger partial charge < -0.3 is 5.73 Å². The normalized spacial score (nSPS) is 11.5. The summed E-state index contributed by atoms with van der Waals surface area (Å²) in [4.78, 5) is 7.98. The predicted octanol–water partition coefficient (Wildman–Crippen LogP) is 1.83. The van der Waals surface area contributed by atoms with Gasteiger partial charge in [0.15, 0.2) is 9.84 Å². The lowest BCUT2D eigenvalue weighted by Crippen LogP contribution is -2.09. The molecule has 0 spiro atoms. The Balaban J connectivity index is 2.68. The Morgan fingerprint density at radius 3 is 2.42 bits per heavy atom. The summed E-state index contributed by atoms with van der Waals surface area (Å²) in [5.41, 5.74) is 7.72. The number of nitrogens with zero attached hydrogens (tertiary/aromatic N) is 2. The molecule has 0 fully saturated rings. The first-order chi connectivity index (χ1) is 8.94. The van der Waals surface area contributed by atoms with Crippen LogP contribution in [0.3, 0.4) is 0 Å². The Kier molecular flexibility index (Phi) is 3.53. The van der Waals surface area contributed by atoms with Crippen LogP contribution in [0.5, 0.6) is 0 Å². The van der Waals surface area contributed by atoms with E-state index in [-0.39, 0.29) is 16.6 Å². The van der Waals surface area contributed by atoms with Crippen LogP contribution in [0.25, 0.3) is 11.3 Å². The van der Waals surface area contributed by atoms with Gasteiger partial charge >= 0.3 is 0 Å². The Morgan fingerprint density at radius 1 is 1.21 bits per heavy atom. The molecule has 1 heterocycles. The van der Waals surface area contributed by atoms with E-state index in [9.17, 15) is 8.42 Å². The third-order valence-corrected chi connectivity index (χ3v) is 4.54. The molecule has 19 heavy (non-hydrogen) atoms. The number of hydrogen-bond acceptors (Lipinski definition) is 5. The highest BCUT2D eigenvalue weighted by Crippen LogP contribution is 2.26. The molecule has 0 saturated heterocycles. The summed E-state index contributed by atoms with van der Waals surface area (Å²) >= 11 is 0. The molecular weight excluding hydrogens is 262 g/mol. The number of anilines is 1. The van der Waals surface area contributed by atoms with E-state index >= 15 is 0 Å². The van der Waals surface area contributed by atoms with Gasteiger partial charge in [-0.1, -0.05) is 36.8 Å². The van der Waals surface area contributed by atoms with Crippen LogP contribution in [-0.4, -0.2) is 24.1 Å². The summed E-state index contributed by atoms with van der Waals surface area (Å²) in [6.07, 6.45) is 1.27. The molecular formula is C13H15N3O2S. The largest absolute Gasteiger partial charge is 0.368 e. The molecule has 6 heteroatoms. The first kappa shape index (κ1) is 13.5. The van der Waals surface area contributed by atoms with E-state index in [0.29, 0.717) is 11.3 Å². The monoisotopic (exact) mass is 277 g/mol. The van der Waals surface area contributed by atoms with Crippen LogP contribution in [0.4, 0.5) is 5.95 Å². The maximum absolute atomic E-state index is 12.1. The Morgan fingerprint density at radius 2 is 1.84 bits per heavy atom. The summed E-state index contributed by atoms with van der Waals surface area (Å²) in [6, 6.07) is 7.45. The second-order valence-corrected chi connectivity index (χ2v) is 6.46. The third kappa shape index (κ3) is 2.73. The second kappa shape index (κ2) is 4.97. The van der Waals surface area contributed by atoms with Crippen LogP contribution in [0.15, 0.2) is 35.4 Å². The van der Waals surface area contributed by atoms with Crippen molar-refractivity contribution in [1.29, 1.82) is 0 Å². The van der Waals surface area contributed by atoms with Gasteiger partial charge in [0.25, 0.3) is 0 Å². The molecule has 0 aliphatic carbocycles. The van der Waals surface area contributed by atoms with Crippen molar-refractivity contribution >= 4 is 15.8 Å². The van der Waals surface area contributed by atoms with Gasteiger partial charge in [0.05, 0.1) is 17.6 Å². The molecule has 0 amide bonds. The maximum atomic E-state index is 12.1. The Labute approximate surface area is 112 Å². The average Bonchev–Trinajstić information content (AvgIpc) is 2.39. The molecule has 0 unspecified atom stereocenters. The van der Waals surface area contributed by atoms with Gasteiger partial charge in [-0.3, -0.25) is 0 Å². The summed E-state index contributed by atoms with van der Waals surface area (Å²) in [5.74, 6) is 0.0599. The molecule has 0 saturated carbocycles. The van der Waals surface area contributed by atoms with E-state index in [1.54, 1.807) is 6.92 Å². The fourth-order valence-corrected chi connectivity index (χ4v) is 2.67. The maximum Gasteiger partial charge on any atom is 0.220 e. The van der Waals surface area contributed by atoms with E-state index in [1.807, 2.05) is 31.2 Å². The molecule has 0 bridgehead atoms. The van der Waals surface area contributed by atoms with Crippen LogP contribution in [0.2, 0.25) is 0 Å². The first-order valence-corrected chi connectivity index (χ1v) is 7.51. The van der Waals surface area contributed by atoms with Crippen molar-refractivity contribution in [3.63, 3.8) is 0 Å². The van der Waals surface area contributed by atoms with Gasteiger partial charge in [-0.15, -0.1) is 0 Å². The minimum Gasteiger partial charge on any atom is -0.368 e. The van der Waals surface area contributed by atoms with Gasteiger partial charge in [0, 0.05) is 5.56 Å². The molecule has 2 rings (SSSR count). The van der Waals surface area contributed by atoms with Crippen LogP contribution in [0, 0.1) is 6.92 Å². The van der Waals surface area contributed by atoms with Gasteiger partial charge in [0.1, 0.15) is 4.90 Å². The van der Waals surface area contributed by atoms with Crippen molar-refractivity contribution in [2.75, 3.05) is 11.5 Å². The molecule has 2 N–H and O–H groups in total. The minimum atomic E-state index is -3.38. The number of sulfone groups is 1. The van der Waals surface area contributed by atoms with Gasteiger partial charge in [0.2, 0.25) is 5.95 Å². The van der Waals surface area contributed by atoms with Crippen molar-refractivity contribution in [3.8, 4) is 11.3 Å². The summed E-state index contributed by atoms with van der Waals surface area (Å²) in [5, 5.41) is 0. The zero-order chi connectivity index (χ0) is 14.0. The number of benzene rings is 1. The molecule has 2 aromatic rings. The molecule has 0 atom stereocenters. The lowest BCUT2D eigenvalue weighted by Gasteiger charge is -2.09. The van der Waals surface area contributed by atoms with Crippen molar-refractivity contribution in [2.45, 2.75) is 18.7 Å². The SMILES string of the molecule is CCS(=O)(=O)c1cnc(N)nc1-c1ccc(C)cc1. The quantitative estimate of drug-likeness (QED) is 0.925. The van der Waals surface area contributed by atoms with Crippen molar-refractivity contribution < 1.29 is 8.42 Å². The highest BCUT2D eigenvalue weighted by atomic mass is 32.2. The number of rotatable bonds is 3. The highest BCUT2D eigenvalue weighted by molar-refractivity contribution is 7.91. The van der Waals surface area contributed by atoms with Crippen molar-refractivity contribution in [3.05, 3.63) is 36.0 Å². The zero-order valence-corrected chi connectivity index (χ0v) is 11.6. The molecule has 0 radical (unpaired) electrons. The summed E-state index contributed by atoms with van der Waals surface area (Å²) in [7, 11) is -3.38. The summed E-state index contributed by atoms with van der Waals surface area (Å²) < 4.78 is 24.1. The molecule has 1 aromatic carbocycles. The van der Waals surface area contributed by atoms with Crippen molar-refractivity contribution in [1.82, 2.24) is 9.97 Å². The fraction of sp³-hybridized carbons (Fsp3) is 0.231. The van der Waals surface area contributed by atoms with E-state index in [0.717, 1.165) is 5.56 Å². The van der Waals surface area contributed by atoms with Crippen LogP contribution in [-0.2, 0) is 9.84 Å². The van der Waals surface area contributed by atoms with E-state index in [2.05, 4.69) is 9.97 Å². The lowest BCUT2D eigenvalue weighted by molar-refractivity contribution is 0.597. The van der Waals surface area contributed by atoms with Gasteiger partial charge in [-0.05, 0) is 6.92 Å². The first-order valence-electron chi connectivity index (χ1n) is 5.86. The van der Waals surface area contributed by atoms with E-state index in [4.69, 9.17) is 5.73 Å². The minimum absolute atomic E-state index is 0.000854. The Hall–Kier alpha value is -1.95. The molecule has 0 aliphatic rings. The third-order valence-electron chi connectivity index (χ3n) is 2.81. The van der Waals surface area contributed by atoms with Crippen LogP contribution >= 0.6 is 0 Å². The molecule has 1 aromatic heterocycles. The fourth-order valence-electron chi connectivity index (χ4n) is 1.69. The number of aromatic nitrogens is 2. The summed E-state index contributed by atoms with van der Waals surface area (Å²) in [6.45, 7) is 3.55. The number of nitrogens with two attached hydrogens (primary N) is 1. The second-order valence-electron chi connectivity index (χ2n) is 4.21. The highest BCUT2D eigenvalue weighted by Gasteiger charge is 2.20. The number of hydrogen-bond donors (Lipinski definition) is 1. The average molecular weight is 277 g/mol. The van der Waals surface area contributed by atoms with Crippen LogP contribution in [0.1, 0.15) is 12.5 Å². The van der Waals surface area contributed by atoms with E-state index in [1.165, 1.54) is 6.20 Å². The standard InChI is InChI=1S/C13H15N3O2S/c1-3-19(17,18)11-8-15-13(14)16-12(11)10-6-4-9(2)5-7-10/h4-8H,3H2,1-2H3,(H2,14,15,16).